The van der Waals surface area contributed by atoms with Crippen LogP contribution < -0.4 is 5.32 Å². The van der Waals surface area contributed by atoms with Crippen molar-refractivity contribution in [1.29, 1.82) is 5.26 Å². The number of rotatable bonds is 2. The molecule has 1 rings (SSSR count). The Labute approximate surface area is 76.8 Å². The number of nitrogens with one attached hydrogen (secondary N) is 1. The maximum Gasteiger partial charge on any atom is 0.103 e. The van der Waals surface area contributed by atoms with E-state index in [4.69, 9.17) is 16.9 Å². The molecule has 3 heteroatoms. The normalized spacial score (nSPS) is 9.08. The van der Waals surface area contributed by atoms with Gasteiger partial charge in [-0.1, -0.05) is 17.7 Å². The molecule has 0 amide bonds. The molecular weight excluding hydrogens is 172 g/mol. The minimum Gasteiger partial charge on any atom is -0.384 e. The zero-order chi connectivity index (χ0) is 8.97. The van der Waals surface area contributed by atoms with E-state index >= 15 is 0 Å². The van der Waals surface area contributed by atoms with Crippen LogP contribution in [0.25, 0.3) is 0 Å². The van der Waals surface area contributed by atoms with Gasteiger partial charge in [0.25, 0.3) is 0 Å². The van der Waals surface area contributed by atoms with Gasteiger partial charge < -0.3 is 5.32 Å². The summed E-state index contributed by atoms with van der Waals surface area (Å²) < 4.78 is 0. The summed E-state index contributed by atoms with van der Waals surface area (Å²) in [6.45, 7) is 2.76. The molecule has 0 aliphatic rings. The van der Waals surface area contributed by atoms with Crippen LogP contribution in [0.15, 0.2) is 18.2 Å². The highest BCUT2D eigenvalue weighted by Gasteiger charge is 2.03. The maximum atomic E-state index is 8.75. The van der Waals surface area contributed by atoms with Crippen molar-refractivity contribution >= 4 is 17.3 Å². The predicted molar refractivity (Wildman–Crippen MR) is 50.3 cm³/mol. The number of anilines is 1. The summed E-state index contributed by atoms with van der Waals surface area (Å²) in [5.41, 5.74) is 1.31. The molecule has 62 valence electrons. The quantitative estimate of drug-likeness (QED) is 0.760. The van der Waals surface area contributed by atoms with Crippen LogP contribution in [-0.4, -0.2) is 6.54 Å². The average molecular weight is 181 g/mol. The van der Waals surface area contributed by atoms with E-state index in [1.807, 2.05) is 19.1 Å². The van der Waals surface area contributed by atoms with E-state index < -0.39 is 0 Å². The Balaban J connectivity index is 3.11. The van der Waals surface area contributed by atoms with Crippen molar-refractivity contribution < 1.29 is 0 Å². The van der Waals surface area contributed by atoms with Gasteiger partial charge in [-0.25, -0.2) is 0 Å². The topological polar surface area (TPSA) is 35.8 Å². The molecule has 1 aromatic carbocycles. The SMILES string of the molecule is CCNc1cccc(Cl)c1C#N. The van der Waals surface area contributed by atoms with Crippen molar-refractivity contribution in [3.8, 4) is 6.07 Å². The minimum atomic E-state index is 0.496. The average Bonchev–Trinajstić information content (AvgIpc) is 2.05. The molecule has 0 radical (unpaired) electrons. The van der Waals surface area contributed by atoms with Crippen molar-refractivity contribution in [2.45, 2.75) is 6.92 Å². The van der Waals surface area contributed by atoms with Crippen molar-refractivity contribution in [3.63, 3.8) is 0 Å². The van der Waals surface area contributed by atoms with Crippen LogP contribution >= 0.6 is 11.6 Å². The van der Waals surface area contributed by atoms with Crippen LogP contribution in [0.2, 0.25) is 5.02 Å². The molecule has 0 spiro atoms. The van der Waals surface area contributed by atoms with E-state index in [1.165, 1.54) is 0 Å². The molecule has 0 atom stereocenters. The molecule has 0 heterocycles. The lowest BCUT2D eigenvalue weighted by Gasteiger charge is -2.05. The summed E-state index contributed by atoms with van der Waals surface area (Å²) in [5, 5.41) is 12.3. The van der Waals surface area contributed by atoms with Crippen molar-refractivity contribution in [1.82, 2.24) is 0 Å². The van der Waals surface area contributed by atoms with Gasteiger partial charge in [0.1, 0.15) is 6.07 Å². The van der Waals surface area contributed by atoms with Crippen molar-refractivity contribution in [2.24, 2.45) is 0 Å². The van der Waals surface area contributed by atoms with Gasteiger partial charge in [0.2, 0.25) is 0 Å². The lowest BCUT2D eigenvalue weighted by atomic mass is 10.2. The standard InChI is InChI=1S/C9H9ClN2/c1-2-12-9-5-3-4-8(10)7(9)6-11/h3-5,12H,2H2,1H3. The summed E-state index contributed by atoms with van der Waals surface area (Å²) in [4.78, 5) is 0. The number of nitriles is 1. The van der Waals surface area contributed by atoms with Gasteiger partial charge in [-0.05, 0) is 19.1 Å². The molecule has 0 aromatic heterocycles. The fourth-order valence-corrected chi connectivity index (χ4v) is 1.19. The van der Waals surface area contributed by atoms with E-state index in [-0.39, 0.29) is 0 Å². The number of benzene rings is 1. The van der Waals surface area contributed by atoms with Gasteiger partial charge in [0, 0.05) is 6.54 Å². The van der Waals surface area contributed by atoms with E-state index in [2.05, 4.69) is 11.4 Å². The molecule has 12 heavy (non-hydrogen) atoms. The summed E-state index contributed by atoms with van der Waals surface area (Å²) in [5.74, 6) is 0. The number of hydrogen-bond acceptors (Lipinski definition) is 2. The highest BCUT2D eigenvalue weighted by atomic mass is 35.5. The maximum absolute atomic E-state index is 8.75. The van der Waals surface area contributed by atoms with Gasteiger partial charge >= 0.3 is 0 Å². The second kappa shape index (κ2) is 3.99. The second-order valence-electron chi connectivity index (χ2n) is 2.30. The predicted octanol–water partition coefficient (Wildman–Crippen LogP) is 2.64. The molecule has 0 saturated carbocycles. The molecule has 0 fully saturated rings. The minimum absolute atomic E-state index is 0.496. The second-order valence-corrected chi connectivity index (χ2v) is 2.71. The van der Waals surface area contributed by atoms with E-state index in [0.29, 0.717) is 10.6 Å². The first-order chi connectivity index (χ1) is 5.79. The summed E-state index contributed by atoms with van der Waals surface area (Å²) >= 11 is 5.80. The third-order valence-electron chi connectivity index (χ3n) is 1.49. The zero-order valence-corrected chi connectivity index (χ0v) is 7.52. The Hall–Kier alpha value is -1.20. The van der Waals surface area contributed by atoms with E-state index in [0.717, 1.165) is 12.2 Å². The Morgan fingerprint density at radius 2 is 2.33 bits per heavy atom. The zero-order valence-electron chi connectivity index (χ0n) is 6.76. The molecule has 1 aromatic rings. The van der Waals surface area contributed by atoms with Gasteiger partial charge in [-0.3, -0.25) is 0 Å². The van der Waals surface area contributed by atoms with Crippen LogP contribution in [0.3, 0.4) is 0 Å². The molecule has 0 saturated heterocycles. The first-order valence-electron chi connectivity index (χ1n) is 3.72. The first-order valence-corrected chi connectivity index (χ1v) is 4.10. The van der Waals surface area contributed by atoms with Gasteiger partial charge in [0.05, 0.1) is 16.3 Å². The molecule has 0 aliphatic carbocycles. The van der Waals surface area contributed by atoms with Crippen LogP contribution in [0, 0.1) is 11.3 Å². The summed E-state index contributed by atoms with van der Waals surface area (Å²) in [6, 6.07) is 7.43. The summed E-state index contributed by atoms with van der Waals surface area (Å²) in [7, 11) is 0. The van der Waals surface area contributed by atoms with Crippen LogP contribution in [-0.2, 0) is 0 Å². The smallest absolute Gasteiger partial charge is 0.103 e. The molecule has 2 nitrogen and oxygen atoms in total. The largest absolute Gasteiger partial charge is 0.384 e. The third-order valence-corrected chi connectivity index (χ3v) is 1.81. The fraction of sp³-hybridized carbons (Fsp3) is 0.222. The van der Waals surface area contributed by atoms with E-state index in [1.54, 1.807) is 6.07 Å². The number of hydrogen-bond donors (Lipinski definition) is 1. The van der Waals surface area contributed by atoms with Crippen molar-refractivity contribution in [3.05, 3.63) is 28.8 Å². The highest BCUT2D eigenvalue weighted by Crippen LogP contribution is 2.22. The number of halogens is 1. The van der Waals surface area contributed by atoms with Gasteiger partial charge in [0.15, 0.2) is 0 Å². The van der Waals surface area contributed by atoms with Crippen molar-refractivity contribution in [2.75, 3.05) is 11.9 Å². The Bertz CT molecular complexity index is 315. The van der Waals surface area contributed by atoms with Gasteiger partial charge in [-0.2, -0.15) is 5.26 Å². The third kappa shape index (κ3) is 1.69. The Morgan fingerprint density at radius 3 is 2.92 bits per heavy atom. The van der Waals surface area contributed by atoms with Crippen LogP contribution in [0.4, 0.5) is 5.69 Å². The lowest BCUT2D eigenvalue weighted by Crippen LogP contribution is -1.98. The molecule has 0 unspecified atom stereocenters. The van der Waals surface area contributed by atoms with Crippen LogP contribution in [0.1, 0.15) is 12.5 Å². The Morgan fingerprint density at radius 1 is 1.58 bits per heavy atom. The first kappa shape index (κ1) is 8.89. The fourth-order valence-electron chi connectivity index (χ4n) is 0.976. The molecule has 1 N–H and O–H groups in total. The molecule has 0 bridgehead atoms. The van der Waals surface area contributed by atoms with Gasteiger partial charge in [-0.15, -0.1) is 0 Å². The molecular formula is C9H9ClN2. The van der Waals surface area contributed by atoms with Crippen LogP contribution in [0.5, 0.6) is 0 Å². The highest BCUT2D eigenvalue weighted by molar-refractivity contribution is 6.32. The molecule has 0 aliphatic heterocycles. The number of nitrogens with zero attached hydrogens (tertiary/aromatic N) is 1. The monoisotopic (exact) mass is 180 g/mol. The summed E-state index contributed by atoms with van der Waals surface area (Å²) in [6.07, 6.45) is 0. The van der Waals surface area contributed by atoms with E-state index in [9.17, 15) is 0 Å². The Kier molecular flexibility index (Phi) is 2.95. The lowest BCUT2D eigenvalue weighted by molar-refractivity contribution is 1.21.